The van der Waals surface area contributed by atoms with E-state index in [1.54, 1.807) is 0 Å². The molecule has 0 aromatic carbocycles. The molecule has 2 aliphatic carbocycles. The standard InChI is InChI=1S/C20H25ClO6/c1-9-5-14(27-19(24)10(2)7-22)16-11(3)12(4)26-18(16)17-13(9)6-15(23)20(17,25)8-21/h13-18,22-23,25H,1-8H2/t13?,14-,15-,16+,17?,18-,20+/m0/s1. The highest BCUT2D eigenvalue weighted by Gasteiger charge is 2.63. The number of halogens is 1. The topological polar surface area (TPSA) is 96.2 Å². The van der Waals surface area contributed by atoms with Gasteiger partial charge in [0.05, 0.1) is 30.1 Å². The van der Waals surface area contributed by atoms with Crippen LogP contribution in [0, 0.1) is 17.8 Å². The Bertz CT molecular complexity index is 715. The maximum Gasteiger partial charge on any atom is 0.336 e. The zero-order chi connectivity index (χ0) is 20.1. The molecule has 0 aromatic heterocycles. The number of aliphatic hydroxyl groups excluding tert-OH is 2. The van der Waals surface area contributed by atoms with Crippen molar-refractivity contribution < 1.29 is 29.6 Å². The molecular weight excluding hydrogens is 372 g/mol. The molecule has 0 aromatic rings. The Kier molecular flexibility index (Phi) is 5.29. The number of alkyl halides is 1. The number of hydrogen-bond acceptors (Lipinski definition) is 6. The highest BCUT2D eigenvalue weighted by molar-refractivity contribution is 6.18. The lowest BCUT2D eigenvalue weighted by Gasteiger charge is -2.37. The van der Waals surface area contributed by atoms with E-state index < -0.39 is 48.3 Å². The molecule has 2 saturated carbocycles. The van der Waals surface area contributed by atoms with Crippen molar-refractivity contribution in [2.24, 2.45) is 17.8 Å². The molecule has 7 heteroatoms. The van der Waals surface area contributed by atoms with Crippen molar-refractivity contribution in [1.82, 2.24) is 0 Å². The van der Waals surface area contributed by atoms with Gasteiger partial charge >= 0.3 is 5.97 Å². The van der Waals surface area contributed by atoms with Crippen molar-refractivity contribution in [3.63, 3.8) is 0 Å². The smallest absolute Gasteiger partial charge is 0.336 e. The number of carbonyl (C=O) groups is 1. The van der Waals surface area contributed by atoms with Crippen molar-refractivity contribution in [1.29, 1.82) is 0 Å². The summed E-state index contributed by atoms with van der Waals surface area (Å²) >= 11 is 6.04. The summed E-state index contributed by atoms with van der Waals surface area (Å²) in [6.07, 6.45) is -1.68. The van der Waals surface area contributed by atoms with Gasteiger partial charge in [0.15, 0.2) is 0 Å². The molecule has 7 atom stereocenters. The molecule has 0 radical (unpaired) electrons. The minimum atomic E-state index is -1.56. The van der Waals surface area contributed by atoms with Crippen molar-refractivity contribution >= 4 is 17.6 Å². The second-order valence-corrected chi connectivity index (χ2v) is 7.90. The summed E-state index contributed by atoms with van der Waals surface area (Å²) < 4.78 is 11.5. The molecule has 3 fully saturated rings. The van der Waals surface area contributed by atoms with Crippen LogP contribution >= 0.6 is 11.6 Å². The maximum atomic E-state index is 12.2. The molecule has 148 valence electrons. The normalized spacial score (nSPS) is 40.8. The minimum Gasteiger partial charge on any atom is -0.490 e. The number of fused-ring (bicyclic) bond motifs is 3. The first-order chi connectivity index (χ1) is 12.7. The summed E-state index contributed by atoms with van der Waals surface area (Å²) in [5.74, 6) is -1.78. The third-order valence-corrected chi connectivity index (χ3v) is 6.58. The zero-order valence-corrected chi connectivity index (χ0v) is 15.8. The van der Waals surface area contributed by atoms with Gasteiger partial charge in [0, 0.05) is 12.3 Å². The van der Waals surface area contributed by atoms with Crippen LogP contribution in [0.4, 0.5) is 0 Å². The molecule has 0 amide bonds. The van der Waals surface area contributed by atoms with Gasteiger partial charge in [-0.1, -0.05) is 31.9 Å². The van der Waals surface area contributed by atoms with Gasteiger partial charge in [-0.3, -0.25) is 0 Å². The average molecular weight is 397 g/mol. The summed E-state index contributed by atoms with van der Waals surface area (Å²) in [5.41, 5.74) is -0.308. The van der Waals surface area contributed by atoms with Gasteiger partial charge in [0.25, 0.3) is 0 Å². The van der Waals surface area contributed by atoms with E-state index in [9.17, 15) is 15.0 Å². The van der Waals surface area contributed by atoms with Gasteiger partial charge in [0.2, 0.25) is 0 Å². The lowest BCUT2D eigenvalue weighted by molar-refractivity contribution is -0.149. The number of carbonyl (C=O) groups excluding carboxylic acids is 1. The van der Waals surface area contributed by atoms with Crippen molar-refractivity contribution in [2.75, 3.05) is 12.5 Å². The molecule has 0 spiro atoms. The molecule has 1 aliphatic heterocycles. The summed E-state index contributed by atoms with van der Waals surface area (Å²) in [5, 5.41) is 30.7. The number of hydrogen-bond donors (Lipinski definition) is 3. The summed E-state index contributed by atoms with van der Waals surface area (Å²) in [6, 6.07) is 0. The second-order valence-electron chi connectivity index (χ2n) is 7.63. The predicted octanol–water partition coefficient (Wildman–Crippen LogP) is 1.46. The Morgan fingerprint density at radius 1 is 1.37 bits per heavy atom. The molecule has 3 N–H and O–H groups in total. The van der Waals surface area contributed by atoms with E-state index in [-0.39, 0.29) is 17.4 Å². The van der Waals surface area contributed by atoms with Crippen LogP contribution in [-0.2, 0) is 14.3 Å². The van der Waals surface area contributed by atoms with E-state index in [4.69, 9.17) is 26.2 Å². The van der Waals surface area contributed by atoms with E-state index in [1.807, 2.05) is 0 Å². The van der Waals surface area contributed by atoms with E-state index >= 15 is 0 Å². The molecule has 2 unspecified atom stereocenters. The van der Waals surface area contributed by atoms with Crippen LogP contribution in [0.15, 0.2) is 48.8 Å². The van der Waals surface area contributed by atoms with Crippen LogP contribution in [0.5, 0.6) is 0 Å². The van der Waals surface area contributed by atoms with Crippen LogP contribution in [0.25, 0.3) is 0 Å². The minimum absolute atomic E-state index is 0.0577. The number of aliphatic hydroxyl groups is 3. The molecule has 6 nitrogen and oxygen atoms in total. The SMILES string of the molecule is C=C(CO)C(=O)O[C@H]1CC(=C)C2C[C@H](O)[C@](O)(CCl)C2[C@H]2OC(=C)C(=C)[C@H]12. The van der Waals surface area contributed by atoms with Crippen LogP contribution in [0.1, 0.15) is 12.8 Å². The highest BCUT2D eigenvalue weighted by atomic mass is 35.5. The van der Waals surface area contributed by atoms with Crippen molar-refractivity contribution in [3.05, 3.63) is 48.8 Å². The summed E-state index contributed by atoms with van der Waals surface area (Å²) in [7, 11) is 0. The first-order valence-electron chi connectivity index (χ1n) is 8.84. The highest BCUT2D eigenvalue weighted by Crippen LogP contribution is 2.56. The van der Waals surface area contributed by atoms with E-state index in [0.717, 1.165) is 5.57 Å². The molecular formula is C20H25ClO6. The molecule has 3 aliphatic rings. The molecule has 27 heavy (non-hydrogen) atoms. The monoisotopic (exact) mass is 396 g/mol. The van der Waals surface area contributed by atoms with Crippen LogP contribution in [0.3, 0.4) is 0 Å². The van der Waals surface area contributed by atoms with Crippen molar-refractivity contribution in [2.45, 2.75) is 36.8 Å². The van der Waals surface area contributed by atoms with Crippen LogP contribution in [0.2, 0.25) is 0 Å². The number of allylic oxidation sites excluding steroid dienone is 1. The first-order valence-corrected chi connectivity index (χ1v) is 9.37. The van der Waals surface area contributed by atoms with E-state index in [2.05, 4.69) is 26.3 Å². The van der Waals surface area contributed by atoms with Gasteiger partial charge in [-0.15, -0.1) is 11.6 Å². The maximum absolute atomic E-state index is 12.2. The Morgan fingerprint density at radius 2 is 2.04 bits per heavy atom. The summed E-state index contributed by atoms with van der Waals surface area (Å²) in [6.45, 7) is 15.0. The molecule has 1 heterocycles. The quantitative estimate of drug-likeness (QED) is 0.288. The first kappa shape index (κ1) is 20.1. The Balaban J connectivity index is 2.01. The van der Waals surface area contributed by atoms with Crippen LogP contribution < -0.4 is 0 Å². The van der Waals surface area contributed by atoms with Gasteiger partial charge in [-0.25, -0.2) is 4.79 Å². The van der Waals surface area contributed by atoms with E-state index in [1.165, 1.54) is 0 Å². The van der Waals surface area contributed by atoms with Gasteiger partial charge in [0.1, 0.15) is 23.6 Å². The number of ether oxygens (including phenoxy) is 2. The van der Waals surface area contributed by atoms with Gasteiger partial charge < -0.3 is 24.8 Å². The average Bonchev–Trinajstić information content (AvgIpc) is 3.03. The third kappa shape index (κ3) is 3.05. The van der Waals surface area contributed by atoms with Crippen molar-refractivity contribution in [3.8, 4) is 0 Å². The third-order valence-electron chi connectivity index (χ3n) is 6.15. The Hall–Kier alpha value is -1.60. The van der Waals surface area contributed by atoms with E-state index in [0.29, 0.717) is 24.2 Å². The van der Waals surface area contributed by atoms with Crippen LogP contribution in [-0.4, -0.2) is 57.7 Å². The predicted molar refractivity (Wildman–Crippen MR) is 99.8 cm³/mol. The largest absolute Gasteiger partial charge is 0.490 e. The molecule has 3 rings (SSSR count). The number of esters is 1. The molecule has 0 bridgehead atoms. The lowest BCUT2D eigenvalue weighted by Crippen LogP contribution is -2.52. The van der Waals surface area contributed by atoms with Gasteiger partial charge in [-0.2, -0.15) is 0 Å². The Labute approximate surface area is 163 Å². The van der Waals surface area contributed by atoms with Gasteiger partial charge in [-0.05, 0) is 17.9 Å². The fourth-order valence-corrected chi connectivity index (χ4v) is 5.00. The second kappa shape index (κ2) is 7.09. The summed E-state index contributed by atoms with van der Waals surface area (Å²) in [4.78, 5) is 12.2. The zero-order valence-electron chi connectivity index (χ0n) is 15.1. The number of rotatable bonds is 4. The molecule has 1 saturated heterocycles. The fraction of sp³-hybridized carbons (Fsp3) is 0.550. The lowest BCUT2D eigenvalue weighted by atomic mass is 9.76. The Morgan fingerprint density at radius 3 is 2.63 bits per heavy atom. The fourth-order valence-electron chi connectivity index (χ4n) is 4.64.